The van der Waals surface area contributed by atoms with Crippen molar-refractivity contribution in [2.45, 2.75) is 43.2 Å². The van der Waals surface area contributed by atoms with E-state index in [9.17, 15) is 9.90 Å². The van der Waals surface area contributed by atoms with Crippen molar-refractivity contribution in [1.29, 1.82) is 0 Å². The molecule has 5 nitrogen and oxygen atoms in total. The van der Waals surface area contributed by atoms with Gasteiger partial charge in [0.25, 0.3) is 0 Å². The number of carboxylic acid groups (broad SMARTS) is 1. The van der Waals surface area contributed by atoms with E-state index in [1.807, 2.05) is 30.3 Å². The van der Waals surface area contributed by atoms with Crippen molar-refractivity contribution in [2.24, 2.45) is 0 Å². The van der Waals surface area contributed by atoms with Crippen LogP contribution in [0.15, 0.2) is 84.9 Å². The van der Waals surface area contributed by atoms with Crippen molar-refractivity contribution in [2.75, 3.05) is 13.7 Å². The fourth-order valence-electron chi connectivity index (χ4n) is 5.01. The molecule has 1 amide bonds. The lowest BCUT2D eigenvalue weighted by Crippen LogP contribution is -2.47. The average molecular weight is 445 g/mol. The molecule has 3 aromatic carbocycles. The van der Waals surface area contributed by atoms with Gasteiger partial charge in [0.15, 0.2) is 0 Å². The second kappa shape index (κ2) is 10.5. The Morgan fingerprint density at radius 2 is 1.58 bits per heavy atom. The molecule has 0 bridgehead atoms. The summed E-state index contributed by atoms with van der Waals surface area (Å²) in [6, 6.07) is 29.6. The SMILES string of the molecule is COc1cccc([C@]2(CNC(=O)O)CC[C@@H](NC(c3ccccc3)c3ccccc3)CC2)c1. The van der Waals surface area contributed by atoms with Gasteiger partial charge in [-0.25, -0.2) is 4.79 Å². The van der Waals surface area contributed by atoms with E-state index in [4.69, 9.17) is 4.74 Å². The van der Waals surface area contributed by atoms with Crippen molar-refractivity contribution in [1.82, 2.24) is 10.6 Å². The molecule has 1 fully saturated rings. The minimum atomic E-state index is -0.981. The summed E-state index contributed by atoms with van der Waals surface area (Å²) < 4.78 is 5.44. The number of rotatable bonds is 8. The Morgan fingerprint density at radius 1 is 0.970 bits per heavy atom. The predicted molar refractivity (Wildman–Crippen MR) is 131 cm³/mol. The number of hydrogen-bond acceptors (Lipinski definition) is 3. The van der Waals surface area contributed by atoms with E-state index in [-0.39, 0.29) is 11.5 Å². The zero-order valence-corrected chi connectivity index (χ0v) is 19.0. The largest absolute Gasteiger partial charge is 0.497 e. The highest BCUT2D eigenvalue weighted by Gasteiger charge is 2.38. The number of benzene rings is 3. The van der Waals surface area contributed by atoms with Crippen molar-refractivity contribution >= 4 is 6.09 Å². The molecule has 1 saturated carbocycles. The molecule has 33 heavy (non-hydrogen) atoms. The van der Waals surface area contributed by atoms with Crippen molar-refractivity contribution in [3.05, 3.63) is 102 Å². The minimum absolute atomic E-state index is 0.124. The molecular weight excluding hydrogens is 412 g/mol. The third kappa shape index (κ3) is 5.55. The van der Waals surface area contributed by atoms with Gasteiger partial charge >= 0.3 is 6.09 Å². The van der Waals surface area contributed by atoms with E-state index in [0.717, 1.165) is 37.0 Å². The van der Waals surface area contributed by atoms with Crippen LogP contribution in [0.25, 0.3) is 0 Å². The molecule has 0 unspecified atom stereocenters. The molecular formula is C28H32N2O3. The fourth-order valence-corrected chi connectivity index (χ4v) is 5.01. The first-order valence-corrected chi connectivity index (χ1v) is 11.6. The zero-order chi connectivity index (χ0) is 23.1. The molecule has 0 atom stereocenters. The first kappa shape index (κ1) is 22.9. The molecule has 0 aliphatic heterocycles. The molecule has 172 valence electrons. The third-order valence-electron chi connectivity index (χ3n) is 6.87. The number of carbonyl (C=O) groups is 1. The summed E-state index contributed by atoms with van der Waals surface area (Å²) in [6.07, 6.45) is 2.75. The van der Waals surface area contributed by atoms with Gasteiger partial charge in [-0.15, -0.1) is 0 Å². The third-order valence-corrected chi connectivity index (χ3v) is 6.87. The lowest BCUT2D eigenvalue weighted by molar-refractivity contribution is 0.182. The number of methoxy groups -OCH3 is 1. The molecule has 4 rings (SSSR count). The Hall–Kier alpha value is -3.31. The molecule has 5 heteroatoms. The first-order chi connectivity index (χ1) is 16.1. The smallest absolute Gasteiger partial charge is 0.404 e. The average Bonchev–Trinajstić information content (AvgIpc) is 2.88. The summed E-state index contributed by atoms with van der Waals surface area (Å²) in [7, 11) is 1.66. The molecule has 0 aromatic heterocycles. The highest BCUT2D eigenvalue weighted by molar-refractivity contribution is 5.64. The van der Waals surface area contributed by atoms with Gasteiger partial charge in [0.1, 0.15) is 5.75 Å². The maximum absolute atomic E-state index is 11.3. The Morgan fingerprint density at radius 3 is 2.12 bits per heavy atom. The molecule has 0 spiro atoms. The molecule has 3 N–H and O–H groups in total. The van der Waals surface area contributed by atoms with E-state index in [0.29, 0.717) is 12.6 Å². The summed E-state index contributed by atoms with van der Waals surface area (Å²) in [5.74, 6) is 0.802. The summed E-state index contributed by atoms with van der Waals surface area (Å²) >= 11 is 0. The van der Waals surface area contributed by atoms with Crippen LogP contribution < -0.4 is 15.4 Å². The Bertz CT molecular complexity index is 992. The van der Waals surface area contributed by atoms with Crippen LogP contribution in [0, 0.1) is 0 Å². The summed E-state index contributed by atoms with van der Waals surface area (Å²) in [6.45, 7) is 0.406. The summed E-state index contributed by atoms with van der Waals surface area (Å²) in [5, 5.41) is 15.8. The maximum Gasteiger partial charge on any atom is 0.404 e. The Kier molecular flexibility index (Phi) is 7.30. The first-order valence-electron chi connectivity index (χ1n) is 11.6. The topological polar surface area (TPSA) is 70.6 Å². The second-order valence-corrected chi connectivity index (χ2v) is 8.87. The van der Waals surface area contributed by atoms with Crippen LogP contribution in [0.4, 0.5) is 4.79 Å². The number of ether oxygens (including phenoxy) is 1. The lowest BCUT2D eigenvalue weighted by atomic mass is 9.68. The van der Waals surface area contributed by atoms with E-state index in [1.165, 1.54) is 11.1 Å². The molecule has 0 heterocycles. The van der Waals surface area contributed by atoms with Crippen LogP contribution in [0.5, 0.6) is 5.75 Å². The van der Waals surface area contributed by atoms with Crippen LogP contribution >= 0.6 is 0 Å². The van der Waals surface area contributed by atoms with Crippen LogP contribution in [-0.4, -0.2) is 30.9 Å². The highest BCUT2D eigenvalue weighted by Crippen LogP contribution is 2.41. The van der Waals surface area contributed by atoms with Gasteiger partial charge in [0, 0.05) is 18.0 Å². The monoisotopic (exact) mass is 444 g/mol. The Balaban J connectivity index is 1.53. The molecule has 1 aliphatic rings. The Labute approximate surface area is 195 Å². The normalized spacial score (nSPS) is 20.4. The van der Waals surface area contributed by atoms with Crippen LogP contribution in [0.2, 0.25) is 0 Å². The van der Waals surface area contributed by atoms with Gasteiger partial charge in [0.05, 0.1) is 13.2 Å². The highest BCUT2D eigenvalue weighted by atomic mass is 16.5. The summed E-state index contributed by atoms with van der Waals surface area (Å²) in [5.41, 5.74) is 3.40. The predicted octanol–water partition coefficient (Wildman–Crippen LogP) is 5.52. The van der Waals surface area contributed by atoms with Gasteiger partial charge in [-0.3, -0.25) is 0 Å². The van der Waals surface area contributed by atoms with E-state index >= 15 is 0 Å². The standard InChI is InChI=1S/C28H32N2O3/c1-33-25-14-8-13-23(19-25)28(20-29-27(31)32)17-15-24(16-18-28)30-26(21-9-4-2-5-10-21)22-11-6-3-7-12-22/h2-14,19,24,26,29-30H,15-18,20H2,1H3,(H,31,32)/t24-,28-. The molecule has 1 aliphatic carbocycles. The van der Waals surface area contributed by atoms with Crippen molar-refractivity contribution in [3.8, 4) is 5.75 Å². The van der Waals surface area contributed by atoms with Gasteiger partial charge in [-0.2, -0.15) is 0 Å². The van der Waals surface area contributed by atoms with Crippen LogP contribution in [0.3, 0.4) is 0 Å². The van der Waals surface area contributed by atoms with E-state index < -0.39 is 6.09 Å². The molecule has 0 saturated heterocycles. The van der Waals surface area contributed by atoms with Crippen molar-refractivity contribution in [3.63, 3.8) is 0 Å². The number of nitrogens with one attached hydrogen (secondary N) is 2. The van der Waals surface area contributed by atoms with Gasteiger partial charge in [-0.05, 0) is 54.5 Å². The van der Waals surface area contributed by atoms with Crippen molar-refractivity contribution < 1.29 is 14.6 Å². The molecule has 3 aromatic rings. The quantitative estimate of drug-likeness (QED) is 0.428. The maximum atomic E-state index is 11.3. The second-order valence-electron chi connectivity index (χ2n) is 8.87. The summed E-state index contributed by atoms with van der Waals surface area (Å²) in [4.78, 5) is 11.3. The van der Waals surface area contributed by atoms with Gasteiger partial charge in [0.2, 0.25) is 0 Å². The van der Waals surface area contributed by atoms with Gasteiger partial charge in [-0.1, -0.05) is 72.8 Å². The van der Waals surface area contributed by atoms with E-state index in [1.54, 1.807) is 7.11 Å². The minimum Gasteiger partial charge on any atom is -0.497 e. The van der Waals surface area contributed by atoms with Crippen LogP contribution in [0.1, 0.15) is 48.4 Å². The van der Waals surface area contributed by atoms with Crippen LogP contribution in [-0.2, 0) is 5.41 Å². The van der Waals surface area contributed by atoms with Gasteiger partial charge < -0.3 is 20.5 Å². The van der Waals surface area contributed by atoms with E-state index in [2.05, 4.69) is 65.2 Å². The zero-order valence-electron chi connectivity index (χ0n) is 19.0. The molecule has 0 radical (unpaired) electrons. The number of amides is 1. The number of hydrogen-bond donors (Lipinski definition) is 3. The fraction of sp³-hybridized carbons (Fsp3) is 0.321. The lowest BCUT2D eigenvalue weighted by Gasteiger charge is -2.42.